The van der Waals surface area contributed by atoms with E-state index in [1.165, 1.54) is 4.31 Å². The zero-order valence-electron chi connectivity index (χ0n) is 15.2. The van der Waals surface area contributed by atoms with Gasteiger partial charge in [-0.25, -0.2) is 8.42 Å². The number of amides is 1. The average molecular weight is 374 g/mol. The number of hydrogen-bond donors (Lipinski definition) is 0. The van der Waals surface area contributed by atoms with Crippen LogP contribution in [0, 0.1) is 0 Å². The van der Waals surface area contributed by atoms with Crippen molar-refractivity contribution >= 4 is 15.9 Å². The van der Waals surface area contributed by atoms with Gasteiger partial charge in [-0.1, -0.05) is 6.92 Å². The van der Waals surface area contributed by atoms with E-state index in [2.05, 4.69) is 4.90 Å². The lowest BCUT2D eigenvalue weighted by Gasteiger charge is -2.37. The molecule has 3 aliphatic rings. The van der Waals surface area contributed by atoms with Gasteiger partial charge in [-0.15, -0.1) is 0 Å². The highest BCUT2D eigenvalue weighted by Crippen LogP contribution is 2.24. The van der Waals surface area contributed by atoms with Gasteiger partial charge in [0.25, 0.3) is 0 Å². The molecule has 8 heteroatoms. The quantitative estimate of drug-likeness (QED) is 0.679. The van der Waals surface area contributed by atoms with E-state index in [4.69, 9.17) is 4.74 Å². The minimum Gasteiger partial charge on any atom is -0.377 e. The summed E-state index contributed by atoms with van der Waals surface area (Å²) < 4.78 is 32.0. The molecule has 0 spiro atoms. The lowest BCUT2D eigenvalue weighted by Crippen LogP contribution is -2.55. The van der Waals surface area contributed by atoms with Gasteiger partial charge in [-0.05, 0) is 32.1 Å². The van der Waals surface area contributed by atoms with E-state index in [0.29, 0.717) is 38.6 Å². The molecule has 0 radical (unpaired) electrons. The number of sulfonamides is 1. The first-order valence-corrected chi connectivity index (χ1v) is 11.2. The Kier molecular flexibility index (Phi) is 6.35. The van der Waals surface area contributed by atoms with Crippen LogP contribution in [0.15, 0.2) is 0 Å². The van der Waals surface area contributed by atoms with Crippen molar-refractivity contribution < 1.29 is 17.9 Å². The number of carbonyl (C=O) groups excluding carboxylic acids is 1. The zero-order chi connectivity index (χ0) is 17.9. The van der Waals surface area contributed by atoms with Crippen molar-refractivity contribution in [3.63, 3.8) is 0 Å². The highest BCUT2D eigenvalue weighted by atomic mass is 32.2. The maximum Gasteiger partial charge on any atom is 0.241 e. The molecule has 2 atom stereocenters. The summed E-state index contributed by atoms with van der Waals surface area (Å²) in [5, 5.41) is 0. The lowest BCUT2D eigenvalue weighted by atomic mass is 10.1. The standard InChI is InChI=1S/C17H31N3O4S/c1-2-13-25(22,23)20-7-3-6-16(20)17(21)19-10-8-18(9-11-19)14-15-5-4-12-24-15/h15-16H,2-14H2,1H3. The summed E-state index contributed by atoms with van der Waals surface area (Å²) in [5.41, 5.74) is 0. The van der Waals surface area contributed by atoms with Gasteiger partial charge in [0.05, 0.1) is 11.9 Å². The summed E-state index contributed by atoms with van der Waals surface area (Å²) in [6.07, 6.45) is 4.63. The first-order chi connectivity index (χ1) is 12.0. The summed E-state index contributed by atoms with van der Waals surface area (Å²) >= 11 is 0. The molecular formula is C17H31N3O4S. The van der Waals surface area contributed by atoms with Crippen molar-refractivity contribution in [2.24, 2.45) is 0 Å². The van der Waals surface area contributed by atoms with Crippen LogP contribution in [0.5, 0.6) is 0 Å². The molecule has 0 aromatic heterocycles. The normalized spacial score (nSPS) is 29.4. The van der Waals surface area contributed by atoms with E-state index in [1.807, 2.05) is 11.8 Å². The largest absolute Gasteiger partial charge is 0.377 e. The second-order valence-corrected chi connectivity index (χ2v) is 9.39. The molecular weight excluding hydrogens is 342 g/mol. The molecule has 3 saturated heterocycles. The van der Waals surface area contributed by atoms with Gasteiger partial charge in [0.2, 0.25) is 15.9 Å². The Balaban J connectivity index is 1.53. The SMILES string of the molecule is CCCS(=O)(=O)N1CCCC1C(=O)N1CCN(CC2CCCO2)CC1. The second kappa shape index (κ2) is 8.33. The molecule has 0 aromatic carbocycles. The van der Waals surface area contributed by atoms with Crippen LogP contribution >= 0.6 is 0 Å². The molecule has 0 bridgehead atoms. The number of rotatable bonds is 6. The summed E-state index contributed by atoms with van der Waals surface area (Å²) in [5.74, 6) is 0.125. The number of nitrogens with zero attached hydrogens (tertiary/aromatic N) is 3. The van der Waals surface area contributed by atoms with Gasteiger partial charge >= 0.3 is 0 Å². The zero-order valence-corrected chi connectivity index (χ0v) is 16.0. The molecule has 1 amide bonds. The van der Waals surface area contributed by atoms with Crippen LogP contribution in [0.1, 0.15) is 39.0 Å². The molecule has 0 aliphatic carbocycles. The molecule has 3 fully saturated rings. The van der Waals surface area contributed by atoms with Crippen molar-refractivity contribution in [2.45, 2.75) is 51.2 Å². The Labute approximate surface area is 151 Å². The van der Waals surface area contributed by atoms with Gasteiger partial charge < -0.3 is 9.64 Å². The fourth-order valence-corrected chi connectivity index (χ4v) is 5.87. The lowest BCUT2D eigenvalue weighted by molar-refractivity contribution is -0.136. The maximum atomic E-state index is 12.9. The first-order valence-electron chi connectivity index (χ1n) is 9.63. The summed E-state index contributed by atoms with van der Waals surface area (Å²) in [6, 6.07) is -0.485. The number of carbonyl (C=O) groups is 1. The summed E-state index contributed by atoms with van der Waals surface area (Å²) in [6.45, 7) is 7.22. The average Bonchev–Trinajstić information content (AvgIpc) is 3.26. The van der Waals surface area contributed by atoms with E-state index in [-0.39, 0.29) is 11.7 Å². The van der Waals surface area contributed by atoms with Crippen LogP contribution < -0.4 is 0 Å². The van der Waals surface area contributed by atoms with Crippen LogP contribution in [0.3, 0.4) is 0 Å². The van der Waals surface area contributed by atoms with Crippen molar-refractivity contribution in [2.75, 3.05) is 51.6 Å². The molecule has 144 valence electrons. The van der Waals surface area contributed by atoms with Crippen LogP contribution in [0.25, 0.3) is 0 Å². The molecule has 0 N–H and O–H groups in total. The third kappa shape index (κ3) is 4.53. The Bertz CT molecular complexity index is 554. The Morgan fingerprint density at radius 3 is 2.48 bits per heavy atom. The molecule has 0 saturated carbocycles. The Morgan fingerprint density at radius 1 is 1.08 bits per heavy atom. The summed E-state index contributed by atoms with van der Waals surface area (Å²) in [7, 11) is -3.31. The van der Waals surface area contributed by atoms with Crippen molar-refractivity contribution in [3.8, 4) is 0 Å². The molecule has 7 nitrogen and oxygen atoms in total. The number of hydrogen-bond acceptors (Lipinski definition) is 5. The predicted molar refractivity (Wildman–Crippen MR) is 95.8 cm³/mol. The number of ether oxygens (including phenoxy) is 1. The Morgan fingerprint density at radius 2 is 1.84 bits per heavy atom. The van der Waals surface area contributed by atoms with E-state index in [0.717, 1.165) is 45.5 Å². The third-order valence-electron chi connectivity index (χ3n) is 5.48. The highest BCUT2D eigenvalue weighted by molar-refractivity contribution is 7.89. The molecule has 3 heterocycles. The monoisotopic (exact) mass is 373 g/mol. The first kappa shape index (κ1) is 19.1. The molecule has 25 heavy (non-hydrogen) atoms. The fraction of sp³-hybridized carbons (Fsp3) is 0.941. The summed E-state index contributed by atoms with van der Waals surface area (Å²) in [4.78, 5) is 17.1. The van der Waals surface area contributed by atoms with Crippen molar-refractivity contribution in [3.05, 3.63) is 0 Å². The molecule has 3 rings (SSSR count). The predicted octanol–water partition coefficient (Wildman–Crippen LogP) is 0.514. The minimum absolute atomic E-state index is 0.00561. The third-order valence-corrected chi connectivity index (χ3v) is 7.55. The van der Waals surface area contributed by atoms with E-state index < -0.39 is 16.1 Å². The van der Waals surface area contributed by atoms with Gasteiger partial charge in [-0.2, -0.15) is 4.31 Å². The topological polar surface area (TPSA) is 70.2 Å². The van der Waals surface area contributed by atoms with Gasteiger partial charge in [-0.3, -0.25) is 9.69 Å². The molecule has 3 aliphatic heterocycles. The van der Waals surface area contributed by atoms with Crippen LogP contribution in [0.4, 0.5) is 0 Å². The smallest absolute Gasteiger partial charge is 0.241 e. The Hall–Kier alpha value is -0.700. The van der Waals surface area contributed by atoms with Crippen LogP contribution in [0.2, 0.25) is 0 Å². The van der Waals surface area contributed by atoms with E-state index in [9.17, 15) is 13.2 Å². The van der Waals surface area contributed by atoms with Gasteiger partial charge in [0.1, 0.15) is 6.04 Å². The highest BCUT2D eigenvalue weighted by Gasteiger charge is 2.40. The molecule has 0 aromatic rings. The van der Waals surface area contributed by atoms with Gasteiger partial charge in [0, 0.05) is 45.9 Å². The minimum atomic E-state index is -3.31. The van der Waals surface area contributed by atoms with Gasteiger partial charge in [0.15, 0.2) is 0 Å². The van der Waals surface area contributed by atoms with E-state index in [1.54, 1.807) is 0 Å². The van der Waals surface area contributed by atoms with Crippen LogP contribution in [-0.2, 0) is 19.6 Å². The second-order valence-electron chi connectivity index (χ2n) is 7.35. The number of piperazine rings is 1. The van der Waals surface area contributed by atoms with Crippen molar-refractivity contribution in [1.29, 1.82) is 0 Å². The maximum absolute atomic E-state index is 12.9. The van der Waals surface area contributed by atoms with E-state index >= 15 is 0 Å². The molecule has 2 unspecified atom stereocenters. The van der Waals surface area contributed by atoms with Crippen LogP contribution in [-0.4, -0.2) is 92.2 Å². The van der Waals surface area contributed by atoms with Crippen molar-refractivity contribution in [1.82, 2.24) is 14.1 Å². The fourth-order valence-electron chi connectivity index (χ4n) is 4.13.